The molecule has 1 fully saturated rings. The number of piperidine rings is 1. The Balaban J connectivity index is 1.56. The van der Waals surface area contributed by atoms with Gasteiger partial charge in [0.15, 0.2) is 0 Å². The van der Waals surface area contributed by atoms with E-state index in [4.69, 9.17) is 0 Å². The van der Waals surface area contributed by atoms with Crippen LogP contribution in [-0.4, -0.2) is 37.8 Å². The highest BCUT2D eigenvalue weighted by Gasteiger charge is 2.39. The molecule has 0 bridgehead atoms. The Labute approximate surface area is 164 Å². The lowest BCUT2D eigenvalue weighted by Gasteiger charge is -2.34. The largest absolute Gasteiger partial charge is 0.309 e. The second-order valence-electron chi connectivity index (χ2n) is 7.55. The average Bonchev–Trinajstić information content (AvgIpc) is 3.03. The molecule has 4 rings (SSSR count). The summed E-state index contributed by atoms with van der Waals surface area (Å²) in [5.41, 5.74) is 2.08. The normalized spacial score (nSPS) is 22.9. The van der Waals surface area contributed by atoms with E-state index in [1.54, 1.807) is 0 Å². The Hall–Kier alpha value is -2.25. The molecule has 0 aliphatic carbocycles. The maximum absolute atomic E-state index is 13.3. The van der Waals surface area contributed by atoms with Gasteiger partial charge in [0.05, 0.1) is 10.8 Å². The van der Waals surface area contributed by atoms with Crippen molar-refractivity contribution in [1.29, 1.82) is 0 Å². The van der Waals surface area contributed by atoms with Gasteiger partial charge in [-0.1, -0.05) is 18.2 Å². The molecule has 2 heterocycles. The summed E-state index contributed by atoms with van der Waals surface area (Å²) < 4.78 is 40.4. The van der Waals surface area contributed by atoms with E-state index in [-0.39, 0.29) is 29.3 Å². The van der Waals surface area contributed by atoms with E-state index in [9.17, 15) is 17.6 Å². The zero-order chi connectivity index (χ0) is 19.9. The molecule has 2 atom stereocenters. The predicted molar refractivity (Wildman–Crippen MR) is 105 cm³/mol. The lowest BCUT2D eigenvalue weighted by molar-refractivity contribution is -0.123. The van der Waals surface area contributed by atoms with Crippen LogP contribution in [0.3, 0.4) is 0 Å². The van der Waals surface area contributed by atoms with Crippen molar-refractivity contribution in [3.05, 3.63) is 59.9 Å². The van der Waals surface area contributed by atoms with Gasteiger partial charge in [-0.3, -0.25) is 4.79 Å². The topological polar surface area (TPSA) is 57.7 Å². The summed E-state index contributed by atoms with van der Waals surface area (Å²) in [5.74, 6) is -0.874. The summed E-state index contributed by atoms with van der Waals surface area (Å²) in [7, 11) is -3.75. The van der Waals surface area contributed by atoms with E-state index in [1.807, 2.05) is 36.1 Å². The number of para-hydroxylation sites is 1. The van der Waals surface area contributed by atoms with Crippen molar-refractivity contribution in [3.63, 3.8) is 0 Å². The van der Waals surface area contributed by atoms with E-state index >= 15 is 0 Å². The number of anilines is 1. The summed E-state index contributed by atoms with van der Waals surface area (Å²) >= 11 is 0. The highest BCUT2D eigenvalue weighted by atomic mass is 32.2. The molecule has 0 aromatic heterocycles. The van der Waals surface area contributed by atoms with Gasteiger partial charge in [-0.2, -0.15) is 4.31 Å². The fourth-order valence-electron chi connectivity index (χ4n) is 4.22. The summed E-state index contributed by atoms with van der Waals surface area (Å²) in [4.78, 5) is 15.2. The van der Waals surface area contributed by atoms with E-state index in [1.165, 1.54) is 16.4 Å². The minimum Gasteiger partial charge on any atom is -0.309 e. The van der Waals surface area contributed by atoms with Gasteiger partial charge >= 0.3 is 0 Å². The maximum atomic E-state index is 13.3. The van der Waals surface area contributed by atoms with Gasteiger partial charge in [-0.15, -0.1) is 0 Å². The Kier molecular flexibility index (Phi) is 4.97. The van der Waals surface area contributed by atoms with Crippen molar-refractivity contribution in [3.8, 4) is 0 Å². The first-order valence-corrected chi connectivity index (χ1v) is 11.0. The SMILES string of the molecule is CC1Cc2ccccc2N1C(=O)C1CCCN(S(=O)(=O)c2ccc(F)cc2)C1. The van der Waals surface area contributed by atoms with E-state index in [2.05, 4.69) is 0 Å². The number of carbonyl (C=O) groups is 1. The van der Waals surface area contributed by atoms with Crippen molar-refractivity contribution in [2.45, 2.75) is 37.1 Å². The third-order valence-corrected chi connectivity index (χ3v) is 7.51. The van der Waals surface area contributed by atoms with Crippen LogP contribution in [0.15, 0.2) is 53.4 Å². The maximum Gasteiger partial charge on any atom is 0.243 e. The molecular formula is C21H23FN2O3S. The van der Waals surface area contributed by atoms with Gasteiger partial charge in [0.1, 0.15) is 5.82 Å². The van der Waals surface area contributed by atoms with Crippen molar-refractivity contribution >= 4 is 21.6 Å². The number of halogens is 1. The summed E-state index contributed by atoms with van der Waals surface area (Å²) in [6, 6.07) is 12.8. The van der Waals surface area contributed by atoms with Crippen LogP contribution < -0.4 is 4.90 Å². The number of hydrogen-bond acceptors (Lipinski definition) is 3. The highest BCUT2D eigenvalue weighted by molar-refractivity contribution is 7.89. The molecule has 1 saturated heterocycles. The Bertz CT molecular complexity index is 991. The minimum atomic E-state index is -3.75. The molecule has 1 amide bonds. The Morgan fingerprint density at radius 3 is 2.57 bits per heavy atom. The molecular weight excluding hydrogens is 379 g/mol. The molecule has 0 saturated carbocycles. The molecule has 28 heavy (non-hydrogen) atoms. The number of benzene rings is 2. The van der Waals surface area contributed by atoms with Crippen LogP contribution in [0.1, 0.15) is 25.3 Å². The van der Waals surface area contributed by atoms with Crippen molar-refractivity contribution in [2.75, 3.05) is 18.0 Å². The van der Waals surface area contributed by atoms with E-state index in [0.29, 0.717) is 19.4 Å². The van der Waals surface area contributed by atoms with Gasteiger partial charge in [0.25, 0.3) is 0 Å². The van der Waals surface area contributed by atoms with Crippen molar-refractivity contribution < 1.29 is 17.6 Å². The standard InChI is InChI=1S/C21H23FN2O3S/c1-15-13-16-5-2-3-7-20(16)24(15)21(25)17-6-4-12-23(14-17)28(26,27)19-10-8-18(22)9-11-19/h2-3,5,7-11,15,17H,4,6,12-14H2,1H3. The number of carbonyl (C=O) groups excluding carboxylic acids is 1. The smallest absolute Gasteiger partial charge is 0.243 e. The molecule has 2 aliphatic rings. The quantitative estimate of drug-likeness (QED) is 0.792. The van der Waals surface area contributed by atoms with Gasteiger partial charge in [-0.05, 0) is 62.1 Å². The molecule has 0 radical (unpaired) electrons. The van der Waals surface area contributed by atoms with Crippen LogP contribution in [-0.2, 0) is 21.2 Å². The highest BCUT2D eigenvalue weighted by Crippen LogP contribution is 2.35. The Morgan fingerprint density at radius 1 is 1.11 bits per heavy atom. The first-order chi connectivity index (χ1) is 13.4. The molecule has 0 N–H and O–H groups in total. The molecule has 2 aromatic rings. The van der Waals surface area contributed by atoms with E-state index < -0.39 is 15.8 Å². The third kappa shape index (κ3) is 3.33. The van der Waals surface area contributed by atoms with Gasteiger partial charge in [0, 0.05) is 24.8 Å². The first kappa shape index (κ1) is 19.1. The fourth-order valence-corrected chi connectivity index (χ4v) is 5.74. The molecule has 2 aliphatic heterocycles. The van der Waals surface area contributed by atoms with Crippen molar-refractivity contribution in [1.82, 2.24) is 4.31 Å². The summed E-state index contributed by atoms with van der Waals surface area (Å²) in [5, 5.41) is 0. The first-order valence-electron chi connectivity index (χ1n) is 9.54. The second-order valence-corrected chi connectivity index (χ2v) is 9.48. The molecule has 148 valence electrons. The van der Waals surface area contributed by atoms with Gasteiger partial charge in [0.2, 0.25) is 15.9 Å². The van der Waals surface area contributed by atoms with Crippen LogP contribution in [0.25, 0.3) is 0 Å². The third-order valence-electron chi connectivity index (χ3n) is 5.63. The molecule has 7 heteroatoms. The molecule has 0 spiro atoms. The average molecular weight is 402 g/mol. The van der Waals surface area contributed by atoms with Crippen molar-refractivity contribution in [2.24, 2.45) is 5.92 Å². The summed E-state index contributed by atoms with van der Waals surface area (Å²) in [6.07, 6.45) is 2.10. The fraction of sp³-hybridized carbons (Fsp3) is 0.381. The number of nitrogens with zero attached hydrogens (tertiary/aromatic N) is 2. The lowest BCUT2D eigenvalue weighted by Crippen LogP contribution is -2.48. The van der Waals surface area contributed by atoms with Gasteiger partial charge in [-0.25, -0.2) is 12.8 Å². The van der Waals surface area contributed by atoms with Crippen LogP contribution in [0.4, 0.5) is 10.1 Å². The van der Waals surface area contributed by atoms with E-state index in [0.717, 1.165) is 29.8 Å². The number of hydrogen-bond donors (Lipinski definition) is 0. The van der Waals surface area contributed by atoms with Crippen LogP contribution in [0, 0.1) is 11.7 Å². The molecule has 5 nitrogen and oxygen atoms in total. The zero-order valence-corrected chi connectivity index (χ0v) is 16.5. The lowest BCUT2D eigenvalue weighted by atomic mass is 9.97. The number of fused-ring (bicyclic) bond motifs is 1. The number of sulfonamides is 1. The predicted octanol–water partition coefficient (Wildman–Crippen LogP) is 3.20. The summed E-state index contributed by atoms with van der Waals surface area (Å²) in [6.45, 7) is 2.55. The Morgan fingerprint density at radius 2 is 1.82 bits per heavy atom. The van der Waals surface area contributed by atoms with Crippen LogP contribution in [0.2, 0.25) is 0 Å². The van der Waals surface area contributed by atoms with Crippen LogP contribution >= 0.6 is 0 Å². The zero-order valence-electron chi connectivity index (χ0n) is 15.7. The number of rotatable bonds is 3. The van der Waals surface area contributed by atoms with Crippen LogP contribution in [0.5, 0.6) is 0 Å². The minimum absolute atomic E-state index is 0.0172. The molecule has 2 aromatic carbocycles. The number of amides is 1. The van der Waals surface area contributed by atoms with Gasteiger partial charge < -0.3 is 4.90 Å². The monoisotopic (exact) mass is 402 g/mol. The second kappa shape index (κ2) is 7.29. The molecule has 2 unspecified atom stereocenters.